The van der Waals surface area contributed by atoms with Gasteiger partial charge in [-0.3, -0.25) is 4.98 Å². The predicted molar refractivity (Wildman–Crippen MR) is 56.1 cm³/mol. The Bertz CT molecular complexity index is 350. The van der Waals surface area contributed by atoms with E-state index in [0.29, 0.717) is 24.5 Å². The molecule has 4 heteroatoms. The van der Waals surface area contributed by atoms with Gasteiger partial charge in [0, 0.05) is 18.0 Å². The number of rotatable bonds is 4. The SMILES string of the molecule is CCOC(=O)c1cnc(C)cc1OCC. The molecule has 0 aromatic carbocycles. The summed E-state index contributed by atoms with van der Waals surface area (Å²) in [6.07, 6.45) is 1.48. The highest BCUT2D eigenvalue weighted by Gasteiger charge is 2.14. The van der Waals surface area contributed by atoms with Crippen LogP contribution in [0.5, 0.6) is 5.75 Å². The van der Waals surface area contributed by atoms with Crippen molar-refractivity contribution in [3.8, 4) is 5.75 Å². The molecule has 0 radical (unpaired) electrons. The molecule has 0 aliphatic carbocycles. The van der Waals surface area contributed by atoms with Crippen molar-refractivity contribution in [1.29, 1.82) is 0 Å². The smallest absolute Gasteiger partial charge is 0.343 e. The molecule has 0 fully saturated rings. The number of aryl methyl sites for hydroxylation is 1. The van der Waals surface area contributed by atoms with Crippen LogP contribution in [0.2, 0.25) is 0 Å². The first-order valence-corrected chi connectivity index (χ1v) is 4.95. The Morgan fingerprint density at radius 1 is 1.40 bits per heavy atom. The zero-order valence-corrected chi connectivity index (χ0v) is 9.24. The number of carbonyl (C=O) groups is 1. The van der Waals surface area contributed by atoms with Crippen LogP contribution in [0.1, 0.15) is 29.9 Å². The van der Waals surface area contributed by atoms with Gasteiger partial charge in [0.05, 0.1) is 13.2 Å². The molecule has 0 spiro atoms. The van der Waals surface area contributed by atoms with Crippen molar-refractivity contribution in [3.63, 3.8) is 0 Å². The number of carbonyl (C=O) groups excluding carboxylic acids is 1. The Morgan fingerprint density at radius 3 is 2.73 bits per heavy atom. The first-order valence-electron chi connectivity index (χ1n) is 4.95. The zero-order chi connectivity index (χ0) is 11.3. The van der Waals surface area contributed by atoms with E-state index in [-0.39, 0.29) is 0 Å². The Labute approximate surface area is 89.2 Å². The molecule has 1 aromatic rings. The third-order valence-corrected chi connectivity index (χ3v) is 1.80. The van der Waals surface area contributed by atoms with E-state index >= 15 is 0 Å². The quantitative estimate of drug-likeness (QED) is 0.711. The maximum atomic E-state index is 11.5. The number of esters is 1. The van der Waals surface area contributed by atoms with E-state index in [1.165, 1.54) is 6.20 Å². The van der Waals surface area contributed by atoms with Crippen molar-refractivity contribution in [2.75, 3.05) is 13.2 Å². The van der Waals surface area contributed by atoms with Crippen molar-refractivity contribution < 1.29 is 14.3 Å². The number of nitrogens with zero attached hydrogens (tertiary/aromatic N) is 1. The molecule has 0 bridgehead atoms. The van der Waals surface area contributed by atoms with Crippen LogP contribution in [-0.4, -0.2) is 24.2 Å². The second-order valence-corrected chi connectivity index (χ2v) is 2.98. The van der Waals surface area contributed by atoms with E-state index in [0.717, 1.165) is 5.69 Å². The Kier molecular flexibility index (Phi) is 4.09. The number of pyridine rings is 1. The summed E-state index contributed by atoms with van der Waals surface area (Å²) >= 11 is 0. The van der Waals surface area contributed by atoms with E-state index < -0.39 is 5.97 Å². The number of aromatic nitrogens is 1. The minimum absolute atomic E-state index is 0.346. The maximum Gasteiger partial charge on any atom is 0.343 e. The molecule has 1 aromatic heterocycles. The lowest BCUT2D eigenvalue weighted by atomic mass is 10.2. The standard InChI is InChI=1S/C11H15NO3/c1-4-14-10-6-8(3)12-7-9(10)11(13)15-5-2/h6-7H,4-5H2,1-3H3. The zero-order valence-electron chi connectivity index (χ0n) is 9.24. The second-order valence-electron chi connectivity index (χ2n) is 2.98. The number of ether oxygens (including phenoxy) is 2. The minimum atomic E-state index is -0.395. The summed E-state index contributed by atoms with van der Waals surface area (Å²) in [5.74, 6) is 0.136. The van der Waals surface area contributed by atoms with Gasteiger partial charge in [-0.1, -0.05) is 0 Å². The molecule has 0 saturated carbocycles. The first-order chi connectivity index (χ1) is 7.19. The molecule has 0 saturated heterocycles. The lowest BCUT2D eigenvalue weighted by Crippen LogP contribution is -2.08. The monoisotopic (exact) mass is 209 g/mol. The lowest BCUT2D eigenvalue weighted by Gasteiger charge is -2.09. The topological polar surface area (TPSA) is 48.4 Å². The number of hydrogen-bond acceptors (Lipinski definition) is 4. The van der Waals surface area contributed by atoms with Crippen LogP contribution in [-0.2, 0) is 4.74 Å². The van der Waals surface area contributed by atoms with E-state index in [9.17, 15) is 4.79 Å². The van der Waals surface area contributed by atoms with Crippen LogP contribution >= 0.6 is 0 Å². The molecule has 0 unspecified atom stereocenters. The first kappa shape index (κ1) is 11.5. The van der Waals surface area contributed by atoms with E-state index in [4.69, 9.17) is 9.47 Å². The van der Waals surface area contributed by atoms with Crippen molar-refractivity contribution in [2.45, 2.75) is 20.8 Å². The van der Waals surface area contributed by atoms with Gasteiger partial charge in [0.2, 0.25) is 0 Å². The number of hydrogen-bond donors (Lipinski definition) is 0. The summed E-state index contributed by atoms with van der Waals surface area (Å²) in [5.41, 5.74) is 1.19. The molecule has 0 atom stereocenters. The average Bonchev–Trinajstić information content (AvgIpc) is 2.18. The molecule has 1 rings (SSSR count). The van der Waals surface area contributed by atoms with Crippen molar-refractivity contribution in [3.05, 3.63) is 23.5 Å². The summed E-state index contributed by atoms with van der Waals surface area (Å²) in [7, 11) is 0. The van der Waals surface area contributed by atoms with Gasteiger partial charge in [0.1, 0.15) is 11.3 Å². The fourth-order valence-electron chi connectivity index (χ4n) is 1.17. The van der Waals surface area contributed by atoms with Crippen LogP contribution < -0.4 is 4.74 Å². The van der Waals surface area contributed by atoms with Crippen LogP contribution in [0.3, 0.4) is 0 Å². The van der Waals surface area contributed by atoms with Crippen molar-refractivity contribution in [1.82, 2.24) is 4.98 Å². The van der Waals surface area contributed by atoms with Gasteiger partial charge in [-0.15, -0.1) is 0 Å². The Balaban J connectivity index is 2.99. The van der Waals surface area contributed by atoms with Crippen LogP contribution in [0.4, 0.5) is 0 Å². The van der Waals surface area contributed by atoms with Crippen LogP contribution in [0.25, 0.3) is 0 Å². The highest BCUT2D eigenvalue weighted by atomic mass is 16.5. The average molecular weight is 209 g/mol. The lowest BCUT2D eigenvalue weighted by molar-refractivity contribution is 0.0521. The summed E-state index contributed by atoms with van der Waals surface area (Å²) in [6.45, 7) is 6.33. The molecule has 15 heavy (non-hydrogen) atoms. The molecular formula is C11H15NO3. The van der Waals surface area contributed by atoms with E-state index in [1.807, 2.05) is 13.8 Å². The molecular weight excluding hydrogens is 194 g/mol. The van der Waals surface area contributed by atoms with Gasteiger partial charge in [0.25, 0.3) is 0 Å². The molecule has 1 heterocycles. The van der Waals surface area contributed by atoms with Gasteiger partial charge in [0.15, 0.2) is 0 Å². The van der Waals surface area contributed by atoms with Crippen molar-refractivity contribution in [2.24, 2.45) is 0 Å². The minimum Gasteiger partial charge on any atom is -0.493 e. The highest BCUT2D eigenvalue weighted by molar-refractivity contribution is 5.92. The molecule has 82 valence electrons. The Hall–Kier alpha value is -1.58. The normalized spacial score (nSPS) is 9.80. The Morgan fingerprint density at radius 2 is 2.13 bits per heavy atom. The maximum absolute atomic E-state index is 11.5. The summed E-state index contributed by atoms with van der Waals surface area (Å²) < 4.78 is 10.2. The highest BCUT2D eigenvalue weighted by Crippen LogP contribution is 2.19. The molecule has 0 amide bonds. The second kappa shape index (κ2) is 5.34. The van der Waals surface area contributed by atoms with E-state index in [1.54, 1.807) is 13.0 Å². The summed E-state index contributed by atoms with van der Waals surface area (Å²) in [6, 6.07) is 1.73. The third kappa shape index (κ3) is 2.94. The predicted octanol–water partition coefficient (Wildman–Crippen LogP) is 1.97. The largest absolute Gasteiger partial charge is 0.493 e. The fourth-order valence-corrected chi connectivity index (χ4v) is 1.17. The van der Waals surface area contributed by atoms with E-state index in [2.05, 4.69) is 4.98 Å². The van der Waals surface area contributed by atoms with Crippen LogP contribution in [0, 0.1) is 6.92 Å². The molecule has 0 aliphatic rings. The third-order valence-electron chi connectivity index (χ3n) is 1.80. The molecule has 4 nitrogen and oxygen atoms in total. The fraction of sp³-hybridized carbons (Fsp3) is 0.455. The van der Waals surface area contributed by atoms with Gasteiger partial charge in [-0.05, 0) is 20.8 Å². The van der Waals surface area contributed by atoms with Gasteiger partial charge in [-0.25, -0.2) is 4.79 Å². The summed E-state index contributed by atoms with van der Waals surface area (Å²) in [4.78, 5) is 15.6. The molecule has 0 N–H and O–H groups in total. The van der Waals surface area contributed by atoms with Crippen molar-refractivity contribution >= 4 is 5.97 Å². The summed E-state index contributed by atoms with van der Waals surface area (Å²) in [5, 5.41) is 0. The van der Waals surface area contributed by atoms with Gasteiger partial charge >= 0.3 is 5.97 Å². The van der Waals surface area contributed by atoms with Gasteiger partial charge in [-0.2, -0.15) is 0 Å². The molecule has 0 aliphatic heterocycles. The van der Waals surface area contributed by atoms with Gasteiger partial charge < -0.3 is 9.47 Å². The van der Waals surface area contributed by atoms with Crippen LogP contribution in [0.15, 0.2) is 12.3 Å².